The van der Waals surface area contributed by atoms with E-state index in [-0.39, 0.29) is 5.41 Å². The molecule has 15 heavy (non-hydrogen) atoms. The fraction of sp³-hybridized carbons (Fsp3) is 0.600. The lowest BCUT2D eigenvalue weighted by Gasteiger charge is -2.25. The Morgan fingerprint density at radius 1 is 1.40 bits per heavy atom. The van der Waals surface area contributed by atoms with Crippen molar-refractivity contribution in [3.63, 3.8) is 0 Å². The van der Waals surface area contributed by atoms with Crippen molar-refractivity contribution in [1.82, 2.24) is 9.97 Å². The van der Waals surface area contributed by atoms with Crippen LogP contribution >= 0.6 is 15.9 Å². The van der Waals surface area contributed by atoms with Gasteiger partial charge >= 0.3 is 0 Å². The number of aliphatic hydroxyl groups excluding tert-OH is 1. The second kappa shape index (κ2) is 4.90. The SMILES string of the molecule is CC(C)(C)C(O)CNc1ncc(Br)cn1. The molecule has 1 aromatic heterocycles. The zero-order valence-corrected chi connectivity index (χ0v) is 10.7. The number of rotatable bonds is 3. The van der Waals surface area contributed by atoms with Gasteiger partial charge in [0.2, 0.25) is 5.95 Å². The lowest BCUT2D eigenvalue weighted by molar-refractivity contribution is 0.0744. The summed E-state index contributed by atoms with van der Waals surface area (Å²) >= 11 is 3.26. The predicted molar refractivity (Wildman–Crippen MR) is 63.7 cm³/mol. The first kappa shape index (κ1) is 12.4. The first-order valence-electron chi connectivity index (χ1n) is 4.79. The highest BCUT2D eigenvalue weighted by molar-refractivity contribution is 9.10. The van der Waals surface area contributed by atoms with E-state index in [1.807, 2.05) is 20.8 Å². The Bertz CT molecular complexity index is 307. The first-order chi connectivity index (χ1) is 6.89. The van der Waals surface area contributed by atoms with Gasteiger partial charge < -0.3 is 10.4 Å². The van der Waals surface area contributed by atoms with Gasteiger partial charge in [-0.3, -0.25) is 0 Å². The molecule has 0 aliphatic heterocycles. The third-order valence-electron chi connectivity index (χ3n) is 2.07. The molecule has 0 aliphatic rings. The van der Waals surface area contributed by atoms with Gasteiger partial charge in [-0.1, -0.05) is 20.8 Å². The van der Waals surface area contributed by atoms with Crippen LogP contribution in [0.25, 0.3) is 0 Å². The fourth-order valence-corrected chi connectivity index (χ4v) is 1.10. The van der Waals surface area contributed by atoms with E-state index < -0.39 is 6.10 Å². The maximum absolute atomic E-state index is 9.77. The Labute approximate surface area is 98.3 Å². The second-order valence-electron chi connectivity index (χ2n) is 4.49. The summed E-state index contributed by atoms with van der Waals surface area (Å²) in [6.45, 7) is 6.41. The Hall–Kier alpha value is -0.680. The van der Waals surface area contributed by atoms with Gasteiger partial charge in [0.15, 0.2) is 0 Å². The van der Waals surface area contributed by atoms with Crippen molar-refractivity contribution in [2.45, 2.75) is 26.9 Å². The molecule has 1 heterocycles. The molecule has 0 saturated carbocycles. The third-order valence-corrected chi connectivity index (χ3v) is 2.48. The molecule has 1 aromatic rings. The van der Waals surface area contributed by atoms with Crippen LogP contribution in [0.2, 0.25) is 0 Å². The highest BCUT2D eigenvalue weighted by atomic mass is 79.9. The van der Waals surface area contributed by atoms with Gasteiger partial charge in [-0.2, -0.15) is 0 Å². The van der Waals surface area contributed by atoms with Crippen molar-refractivity contribution in [2.24, 2.45) is 5.41 Å². The molecule has 0 bridgehead atoms. The van der Waals surface area contributed by atoms with Crippen LogP contribution in [0.1, 0.15) is 20.8 Å². The number of nitrogens with zero attached hydrogens (tertiary/aromatic N) is 2. The largest absolute Gasteiger partial charge is 0.391 e. The van der Waals surface area contributed by atoms with Crippen LogP contribution in [0.5, 0.6) is 0 Å². The average molecular weight is 274 g/mol. The molecule has 0 fully saturated rings. The summed E-state index contributed by atoms with van der Waals surface area (Å²) in [6.07, 6.45) is 2.90. The molecular weight excluding hydrogens is 258 g/mol. The molecule has 5 heteroatoms. The molecule has 0 spiro atoms. The molecular formula is C10H16BrN3O. The van der Waals surface area contributed by atoms with Crippen molar-refractivity contribution < 1.29 is 5.11 Å². The van der Waals surface area contributed by atoms with Crippen LogP contribution in [0, 0.1) is 5.41 Å². The zero-order chi connectivity index (χ0) is 11.5. The number of nitrogens with one attached hydrogen (secondary N) is 1. The van der Waals surface area contributed by atoms with Gasteiger partial charge in [-0.05, 0) is 21.3 Å². The van der Waals surface area contributed by atoms with Gasteiger partial charge in [-0.15, -0.1) is 0 Å². The number of hydrogen-bond acceptors (Lipinski definition) is 4. The van der Waals surface area contributed by atoms with E-state index in [1.54, 1.807) is 12.4 Å². The minimum absolute atomic E-state index is 0.137. The smallest absolute Gasteiger partial charge is 0.222 e. The normalized spacial score (nSPS) is 13.7. The van der Waals surface area contributed by atoms with Crippen LogP contribution in [-0.2, 0) is 0 Å². The molecule has 0 saturated heterocycles. The van der Waals surface area contributed by atoms with Gasteiger partial charge in [0.1, 0.15) is 0 Å². The number of halogens is 1. The molecule has 0 aromatic carbocycles. The lowest BCUT2D eigenvalue weighted by Crippen LogP contribution is -2.33. The predicted octanol–water partition coefficient (Wildman–Crippen LogP) is 2.06. The average Bonchev–Trinajstić information content (AvgIpc) is 2.15. The van der Waals surface area contributed by atoms with Crippen molar-refractivity contribution in [2.75, 3.05) is 11.9 Å². The highest BCUT2D eigenvalue weighted by Gasteiger charge is 2.21. The molecule has 1 unspecified atom stereocenters. The molecule has 0 aliphatic carbocycles. The molecule has 2 N–H and O–H groups in total. The van der Waals surface area contributed by atoms with Crippen LogP contribution in [0.15, 0.2) is 16.9 Å². The molecule has 1 rings (SSSR count). The number of aliphatic hydroxyl groups is 1. The highest BCUT2D eigenvalue weighted by Crippen LogP contribution is 2.19. The van der Waals surface area contributed by atoms with Crippen LogP contribution in [-0.4, -0.2) is 27.7 Å². The molecule has 84 valence electrons. The van der Waals surface area contributed by atoms with Crippen LogP contribution in [0.4, 0.5) is 5.95 Å². The lowest BCUT2D eigenvalue weighted by atomic mass is 9.89. The minimum atomic E-state index is -0.426. The summed E-state index contributed by atoms with van der Waals surface area (Å²) in [7, 11) is 0. The molecule has 4 nitrogen and oxygen atoms in total. The van der Waals surface area contributed by atoms with Crippen LogP contribution in [0.3, 0.4) is 0 Å². The van der Waals surface area contributed by atoms with Crippen molar-refractivity contribution in [3.8, 4) is 0 Å². The van der Waals surface area contributed by atoms with Crippen molar-refractivity contribution in [3.05, 3.63) is 16.9 Å². The van der Waals surface area contributed by atoms with E-state index in [2.05, 4.69) is 31.2 Å². The van der Waals surface area contributed by atoms with Gasteiger partial charge in [-0.25, -0.2) is 9.97 Å². The van der Waals surface area contributed by atoms with E-state index in [0.29, 0.717) is 12.5 Å². The second-order valence-corrected chi connectivity index (χ2v) is 5.40. The third kappa shape index (κ3) is 4.13. The summed E-state index contributed by atoms with van der Waals surface area (Å²) in [5.74, 6) is 0.529. The van der Waals surface area contributed by atoms with Crippen molar-refractivity contribution in [1.29, 1.82) is 0 Å². The quantitative estimate of drug-likeness (QED) is 0.885. The summed E-state index contributed by atoms with van der Waals surface area (Å²) in [5.41, 5.74) is -0.137. The van der Waals surface area contributed by atoms with E-state index >= 15 is 0 Å². The zero-order valence-electron chi connectivity index (χ0n) is 9.16. The summed E-state index contributed by atoms with van der Waals surface area (Å²) in [4.78, 5) is 8.10. The van der Waals surface area contributed by atoms with E-state index in [4.69, 9.17) is 0 Å². The number of aromatic nitrogens is 2. The van der Waals surface area contributed by atoms with Crippen molar-refractivity contribution >= 4 is 21.9 Å². The monoisotopic (exact) mass is 273 g/mol. The van der Waals surface area contributed by atoms with Gasteiger partial charge in [0, 0.05) is 18.9 Å². The molecule has 1 atom stereocenters. The topological polar surface area (TPSA) is 58.0 Å². The van der Waals surface area contributed by atoms with E-state index in [9.17, 15) is 5.11 Å². The number of hydrogen-bond donors (Lipinski definition) is 2. The van der Waals surface area contributed by atoms with E-state index in [0.717, 1.165) is 4.47 Å². The molecule has 0 amide bonds. The summed E-state index contributed by atoms with van der Waals surface area (Å²) in [6, 6.07) is 0. The Morgan fingerprint density at radius 3 is 2.40 bits per heavy atom. The van der Waals surface area contributed by atoms with Gasteiger partial charge in [0.25, 0.3) is 0 Å². The van der Waals surface area contributed by atoms with Crippen LogP contribution < -0.4 is 5.32 Å². The first-order valence-corrected chi connectivity index (χ1v) is 5.58. The maximum Gasteiger partial charge on any atom is 0.222 e. The maximum atomic E-state index is 9.77. The standard InChI is InChI=1S/C10H16BrN3O/c1-10(2,3)8(15)6-14-9-12-4-7(11)5-13-9/h4-5,8,15H,6H2,1-3H3,(H,12,13,14). The fourth-order valence-electron chi connectivity index (χ4n) is 0.898. The molecule has 0 radical (unpaired) electrons. The number of anilines is 1. The Kier molecular flexibility index (Phi) is 4.04. The Morgan fingerprint density at radius 2 is 1.93 bits per heavy atom. The van der Waals surface area contributed by atoms with E-state index in [1.165, 1.54) is 0 Å². The Balaban J connectivity index is 2.47. The minimum Gasteiger partial charge on any atom is -0.391 e. The summed E-state index contributed by atoms with van der Waals surface area (Å²) < 4.78 is 0.837. The summed E-state index contributed by atoms with van der Waals surface area (Å²) in [5, 5.41) is 12.8. The van der Waals surface area contributed by atoms with Gasteiger partial charge in [0.05, 0.1) is 10.6 Å².